The van der Waals surface area contributed by atoms with Crippen molar-refractivity contribution in [3.8, 4) is 0 Å². The van der Waals surface area contributed by atoms with Gasteiger partial charge in [-0.1, -0.05) is 0 Å². The Balaban J connectivity index is 2.07. The van der Waals surface area contributed by atoms with Gasteiger partial charge in [-0.3, -0.25) is 4.79 Å². The molecule has 0 aliphatic heterocycles. The van der Waals surface area contributed by atoms with E-state index in [1.165, 1.54) is 31.2 Å². The second-order valence-corrected chi connectivity index (χ2v) is 4.44. The van der Waals surface area contributed by atoms with E-state index in [0.29, 0.717) is 17.3 Å². The summed E-state index contributed by atoms with van der Waals surface area (Å²) in [6.45, 7) is 1.40. The zero-order valence-electron chi connectivity index (χ0n) is 11.4. The standard InChI is InChI=1S/C15H11F3N2O2/c1-8(21)9-2-4-10(5-3-9)19-15(22)20-12-7-6-11(16)13(17)14(12)18/h2-7H,1H3,(H2,19,20,22). The molecule has 7 heteroatoms. The first kappa shape index (κ1) is 15.6. The molecule has 2 aromatic rings. The lowest BCUT2D eigenvalue weighted by molar-refractivity contribution is 0.101. The molecule has 0 saturated carbocycles. The fourth-order valence-corrected chi connectivity index (χ4v) is 1.70. The first-order valence-electron chi connectivity index (χ1n) is 6.21. The van der Waals surface area contributed by atoms with Crippen LogP contribution in [-0.4, -0.2) is 11.8 Å². The van der Waals surface area contributed by atoms with Crippen LogP contribution in [0.15, 0.2) is 36.4 Å². The molecule has 2 amide bonds. The summed E-state index contributed by atoms with van der Waals surface area (Å²) in [7, 11) is 0. The Morgan fingerprint density at radius 2 is 1.50 bits per heavy atom. The minimum atomic E-state index is -1.66. The summed E-state index contributed by atoms with van der Waals surface area (Å²) in [6, 6.07) is 6.77. The van der Waals surface area contributed by atoms with Crippen LogP contribution in [0.1, 0.15) is 17.3 Å². The zero-order chi connectivity index (χ0) is 16.3. The highest BCUT2D eigenvalue weighted by molar-refractivity contribution is 6.00. The largest absolute Gasteiger partial charge is 0.323 e. The monoisotopic (exact) mass is 308 g/mol. The maximum Gasteiger partial charge on any atom is 0.323 e. The molecule has 0 fully saturated rings. The number of carbonyl (C=O) groups excluding carboxylic acids is 2. The number of Topliss-reactive ketones (excluding diaryl/α,β-unsaturated/α-hetero) is 1. The van der Waals surface area contributed by atoms with Crippen molar-refractivity contribution in [2.24, 2.45) is 0 Å². The van der Waals surface area contributed by atoms with Crippen LogP contribution in [0.4, 0.5) is 29.3 Å². The Bertz CT molecular complexity index is 730. The molecule has 0 unspecified atom stereocenters. The van der Waals surface area contributed by atoms with Crippen LogP contribution in [-0.2, 0) is 0 Å². The first-order valence-corrected chi connectivity index (χ1v) is 6.21. The minimum Gasteiger partial charge on any atom is -0.308 e. The summed E-state index contributed by atoms with van der Waals surface area (Å²) in [5.41, 5.74) is 0.333. The lowest BCUT2D eigenvalue weighted by Gasteiger charge is -2.09. The van der Waals surface area contributed by atoms with Gasteiger partial charge in [0.2, 0.25) is 0 Å². The van der Waals surface area contributed by atoms with Crippen molar-refractivity contribution in [3.63, 3.8) is 0 Å². The second kappa shape index (κ2) is 6.30. The van der Waals surface area contributed by atoms with E-state index in [1.54, 1.807) is 0 Å². The number of ketones is 1. The van der Waals surface area contributed by atoms with Gasteiger partial charge in [0, 0.05) is 11.3 Å². The summed E-state index contributed by atoms with van der Waals surface area (Å²) >= 11 is 0. The number of urea groups is 1. The van der Waals surface area contributed by atoms with Crippen molar-refractivity contribution < 1.29 is 22.8 Å². The van der Waals surface area contributed by atoms with Crippen LogP contribution >= 0.6 is 0 Å². The average Bonchev–Trinajstić information content (AvgIpc) is 2.48. The van der Waals surface area contributed by atoms with E-state index in [0.717, 1.165) is 6.07 Å². The van der Waals surface area contributed by atoms with Crippen LogP contribution in [0, 0.1) is 17.5 Å². The molecule has 22 heavy (non-hydrogen) atoms. The van der Waals surface area contributed by atoms with Crippen LogP contribution in [0.5, 0.6) is 0 Å². The van der Waals surface area contributed by atoms with E-state index < -0.39 is 29.2 Å². The van der Waals surface area contributed by atoms with E-state index >= 15 is 0 Å². The minimum absolute atomic E-state index is 0.125. The maximum atomic E-state index is 13.4. The summed E-state index contributed by atoms with van der Waals surface area (Å²) in [6.07, 6.45) is 0. The molecule has 0 aliphatic rings. The van der Waals surface area contributed by atoms with E-state index in [9.17, 15) is 22.8 Å². The number of anilines is 2. The zero-order valence-corrected chi connectivity index (χ0v) is 11.4. The van der Waals surface area contributed by atoms with Gasteiger partial charge in [-0.2, -0.15) is 0 Å². The number of rotatable bonds is 3. The third kappa shape index (κ3) is 3.43. The molecular formula is C15H11F3N2O2. The van der Waals surface area contributed by atoms with E-state index in [4.69, 9.17) is 0 Å². The Labute approximate surface area is 124 Å². The summed E-state index contributed by atoms with van der Waals surface area (Å²) < 4.78 is 39.2. The highest BCUT2D eigenvalue weighted by atomic mass is 19.2. The Kier molecular flexibility index (Phi) is 4.45. The smallest absolute Gasteiger partial charge is 0.308 e. The van der Waals surface area contributed by atoms with Gasteiger partial charge in [0.05, 0.1) is 5.69 Å². The summed E-state index contributed by atoms with van der Waals surface area (Å²) in [5.74, 6) is -4.62. The lowest BCUT2D eigenvalue weighted by Crippen LogP contribution is -2.20. The van der Waals surface area contributed by atoms with Crippen molar-refractivity contribution in [3.05, 3.63) is 59.4 Å². The second-order valence-electron chi connectivity index (χ2n) is 4.44. The van der Waals surface area contributed by atoms with Gasteiger partial charge in [0.15, 0.2) is 23.2 Å². The lowest BCUT2D eigenvalue weighted by atomic mass is 10.1. The van der Waals surface area contributed by atoms with Crippen molar-refractivity contribution in [1.82, 2.24) is 0 Å². The number of amides is 2. The van der Waals surface area contributed by atoms with Gasteiger partial charge < -0.3 is 10.6 Å². The number of halogens is 3. The Hall–Kier alpha value is -2.83. The molecule has 114 valence electrons. The molecule has 0 saturated heterocycles. The number of carbonyl (C=O) groups is 2. The van der Waals surface area contributed by atoms with E-state index in [2.05, 4.69) is 10.6 Å². The van der Waals surface area contributed by atoms with Crippen LogP contribution < -0.4 is 10.6 Å². The molecule has 0 spiro atoms. The predicted molar refractivity (Wildman–Crippen MR) is 75.4 cm³/mol. The molecule has 0 aromatic heterocycles. The van der Waals surface area contributed by atoms with Gasteiger partial charge in [-0.15, -0.1) is 0 Å². The third-order valence-corrected chi connectivity index (χ3v) is 2.83. The fraction of sp³-hybridized carbons (Fsp3) is 0.0667. The van der Waals surface area contributed by atoms with Gasteiger partial charge in [0.25, 0.3) is 0 Å². The van der Waals surface area contributed by atoms with Crippen LogP contribution in [0.2, 0.25) is 0 Å². The first-order chi connectivity index (χ1) is 10.4. The summed E-state index contributed by atoms with van der Waals surface area (Å²) in [5, 5.41) is 4.44. The molecule has 4 nitrogen and oxygen atoms in total. The molecular weight excluding hydrogens is 297 g/mol. The molecule has 0 atom stereocenters. The maximum absolute atomic E-state index is 13.4. The number of nitrogens with one attached hydrogen (secondary N) is 2. The SMILES string of the molecule is CC(=O)c1ccc(NC(=O)Nc2ccc(F)c(F)c2F)cc1. The predicted octanol–water partition coefficient (Wildman–Crippen LogP) is 3.95. The highest BCUT2D eigenvalue weighted by Gasteiger charge is 2.15. The normalized spacial score (nSPS) is 10.2. The van der Waals surface area contributed by atoms with Gasteiger partial charge >= 0.3 is 6.03 Å². The quantitative estimate of drug-likeness (QED) is 0.666. The van der Waals surface area contributed by atoms with Crippen molar-refractivity contribution in [1.29, 1.82) is 0 Å². The molecule has 2 N–H and O–H groups in total. The van der Waals surface area contributed by atoms with Gasteiger partial charge in [-0.25, -0.2) is 18.0 Å². The Morgan fingerprint density at radius 3 is 2.09 bits per heavy atom. The molecule has 0 aliphatic carbocycles. The summed E-state index contributed by atoms with van der Waals surface area (Å²) in [4.78, 5) is 22.8. The number of hydrogen-bond donors (Lipinski definition) is 2. The molecule has 0 radical (unpaired) electrons. The average molecular weight is 308 g/mol. The van der Waals surface area contributed by atoms with Crippen LogP contribution in [0.25, 0.3) is 0 Å². The van der Waals surface area contributed by atoms with E-state index in [1.807, 2.05) is 0 Å². The van der Waals surface area contributed by atoms with Gasteiger partial charge in [-0.05, 0) is 43.3 Å². The topological polar surface area (TPSA) is 58.2 Å². The van der Waals surface area contributed by atoms with Crippen LogP contribution in [0.3, 0.4) is 0 Å². The van der Waals surface area contributed by atoms with Crippen molar-refractivity contribution >= 4 is 23.2 Å². The van der Waals surface area contributed by atoms with Gasteiger partial charge in [0.1, 0.15) is 0 Å². The molecule has 0 bridgehead atoms. The molecule has 2 rings (SSSR count). The molecule has 2 aromatic carbocycles. The third-order valence-electron chi connectivity index (χ3n) is 2.83. The highest BCUT2D eigenvalue weighted by Crippen LogP contribution is 2.20. The fourth-order valence-electron chi connectivity index (χ4n) is 1.70. The van der Waals surface area contributed by atoms with Crippen molar-refractivity contribution in [2.75, 3.05) is 10.6 Å². The Morgan fingerprint density at radius 1 is 0.864 bits per heavy atom. The molecule has 0 heterocycles. The van der Waals surface area contributed by atoms with Crippen molar-refractivity contribution in [2.45, 2.75) is 6.92 Å². The number of hydrogen-bond acceptors (Lipinski definition) is 2. The number of benzene rings is 2. The van der Waals surface area contributed by atoms with E-state index in [-0.39, 0.29) is 5.78 Å².